The third-order valence-corrected chi connectivity index (χ3v) is 15.2. The second-order valence-corrected chi connectivity index (χ2v) is 26.2. The van der Waals surface area contributed by atoms with Crippen LogP contribution in [0.15, 0.2) is 108 Å². The van der Waals surface area contributed by atoms with Gasteiger partial charge in [0.05, 0.1) is 11.1 Å². The van der Waals surface area contributed by atoms with E-state index in [1.165, 1.54) is 67.3 Å². The molecule has 0 amide bonds. The van der Waals surface area contributed by atoms with Crippen molar-refractivity contribution in [2.24, 2.45) is 9.98 Å². The molecule has 0 aromatic heterocycles. The number of rotatable bonds is 14. The maximum Gasteiger partial charge on any atom is 0.455 e. The molecular formula is C62H90B2N6P2. The van der Waals surface area contributed by atoms with Crippen molar-refractivity contribution in [1.82, 2.24) is 0 Å². The Bertz CT molecular complexity index is 2230. The van der Waals surface area contributed by atoms with Gasteiger partial charge in [-0.25, -0.2) is 9.98 Å². The standard InChI is InChI=1S/2C31H45BN3P/c2*1-21(2)25-14-12-15-26(22(3)4)29(25)34-18-19-35(32(34)36-20-33-31(9,10)11)30-27(23(5)6)16-13-17-28(30)24(7)8/h2*12-19,21-24H,1-11H3. The molecule has 0 atom stereocenters. The lowest BCUT2D eigenvalue weighted by atomic mass is 9.87. The van der Waals surface area contributed by atoms with Gasteiger partial charge in [0, 0.05) is 58.7 Å². The smallest absolute Gasteiger partial charge is 0.362 e. The highest BCUT2D eigenvalue weighted by Crippen LogP contribution is 2.46. The number of hydrogen-bond donors (Lipinski definition) is 0. The van der Waals surface area contributed by atoms with E-state index in [0.29, 0.717) is 47.3 Å². The van der Waals surface area contributed by atoms with Crippen LogP contribution >= 0.6 is 16.2 Å². The van der Waals surface area contributed by atoms with Crippen LogP contribution in [-0.2, 0) is 0 Å². The summed E-state index contributed by atoms with van der Waals surface area (Å²) in [5, 5.41) is 0. The Morgan fingerprint density at radius 3 is 0.639 bits per heavy atom. The summed E-state index contributed by atoms with van der Waals surface area (Å²) >= 11 is 0. The van der Waals surface area contributed by atoms with Crippen molar-refractivity contribution in [3.63, 3.8) is 0 Å². The Hall–Kier alpha value is -4.55. The van der Waals surface area contributed by atoms with Crippen molar-refractivity contribution in [1.29, 1.82) is 0 Å². The molecule has 384 valence electrons. The Morgan fingerprint density at radius 2 is 0.500 bits per heavy atom. The van der Waals surface area contributed by atoms with Gasteiger partial charge in [0.15, 0.2) is 0 Å². The highest BCUT2D eigenvalue weighted by atomic mass is 31.1. The highest BCUT2D eigenvalue weighted by molar-refractivity contribution is 7.76. The number of para-hydroxylation sites is 4. The second kappa shape index (κ2) is 24.7. The molecule has 0 saturated heterocycles. The molecule has 6 rings (SSSR count). The Morgan fingerprint density at radius 1 is 0.333 bits per heavy atom. The van der Waals surface area contributed by atoms with Crippen molar-refractivity contribution in [3.05, 3.63) is 142 Å². The molecule has 0 N–H and O–H groups in total. The number of benzene rings is 4. The molecule has 0 unspecified atom stereocenters. The summed E-state index contributed by atoms with van der Waals surface area (Å²) < 4.78 is 0. The fourth-order valence-electron chi connectivity index (χ4n) is 9.57. The van der Waals surface area contributed by atoms with Crippen LogP contribution in [0.5, 0.6) is 0 Å². The number of anilines is 4. The first-order valence-corrected chi connectivity index (χ1v) is 28.9. The molecule has 2 heterocycles. The fourth-order valence-corrected chi connectivity index (χ4v) is 11.8. The molecule has 10 heteroatoms. The van der Waals surface area contributed by atoms with Crippen LogP contribution in [0.2, 0.25) is 0 Å². The van der Waals surface area contributed by atoms with Crippen LogP contribution in [-0.4, -0.2) is 35.7 Å². The van der Waals surface area contributed by atoms with Gasteiger partial charge >= 0.3 is 13.4 Å². The van der Waals surface area contributed by atoms with Crippen molar-refractivity contribution in [2.45, 2.75) is 211 Å². The zero-order chi connectivity index (χ0) is 53.6. The average molecular weight is 1000 g/mol. The third kappa shape index (κ3) is 14.0. The summed E-state index contributed by atoms with van der Waals surface area (Å²) in [5.41, 5.74) is 23.1. The van der Waals surface area contributed by atoms with Gasteiger partial charge in [0.2, 0.25) is 0 Å². The van der Waals surface area contributed by atoms with Crippen LogP contribution in [0.3, 0.4) is 0 Å². The van der Waals surface area contributed by atoms with E-state index in [1.54, 1.807) is 0 Å². The van der Waals surface area contributed by atoms with Crippen molar-refractivity contribution >= 4 is 63.5 Å². The van der Waals surface area contributed by atoms with E-state index >= 15 is 0 Å². The lowest BCUT2D eigenvalue weighted by Crippen LogP contribution is -2.41. The fraction of sp³-hybridized carbons (Fsp3) is 0.516. The van der Waals surface area contributed by atoms with Gasteiger partial charge in [-0.15, -0.1) is 0 Å². The average Bonchev–Trinajstić information content (AvgIpc) is 3.90. The largest absolute Gasteiger partial charge is 0.455 e. The molecule has 0 radical (unpaired) electrons. The Labute approximate surface area is 443 Å². The molecule has 0 aliphatic carbocycles. The molecule has 0 spiro atoms. The molecule has 0 fully saturated rings. The van der Waals surface area contributed by atoms with Gasteiger partial charge in [-0.1, -0.05) is 184 Å². The molecule has 2 aliphatic rings. The minimum atomic E-state index is -0.146. The number of aliphatic imine (C=N–C) groups is 2. The van der Waals surface area contributed by atoms with E-state index in [-0.39, 0.29) is 24.5 Å². The predicted molar refractivity (Wildman–Crippen MR) is 326 cm³/mol. The summed E-state index contributed by atoms with van der Waals surface area (Å²) in [6, 6.07) is 27.2. The van der Waals surface area contributed by atoms with E-state index in [2.05, 4.69) is 280 Å². The zero-order valence-electron chi connectivity index (χ0n) is 48.6. The Kier molecular flexibility index (Phi) is 20.0. The van der Waals surface area contributed by atoms with Crippen molar-refractivity contribution in [2.75, 3.05) is 19.2 Å². The molecule has 72 heavy (non-hydrogen) atoms. The maximum absolute atomic E-state index is 4.76. The van der Waals surface area contributed by atoms with Gasteiger partial charge in [0.25, 0.3) is 0 Å². The summed E-state index contributed by atoms with van der Waals surface area (Å²) in [7, 11) is 2.07. The molecular weight excluding hydrogens is 912 g/mol. The normalized spacial score (nSPS) is 14.2. The van der Waals surface area contributed by atoms with Gasteiger partial charge < -0.3 is 19.2 Å². The van der Waals surface area contributed by atoms with E-state index in [0.717, 1.165) is 16.2 Å². The third-order valence-electron chi connectivity index (χ3n) is 13.3. The monoisotopic (exact) mass is 1000 g/mol. The maximum atomic E-state index is 4.76. The van der Waals surface area contributed by atoms with Gasteiger partial charge in [-0.2, -0.15) is 0 Å². The highest BCUT2D eigenvalue weighted by Gasteiger charge is 2.40. The minimum absolute atomic E-state index is 0.0471. The number of hydrogen-bond acceptors (Lipinski definition) is 6. The lowest BCUT2D eigenvalue weighted by molar-refractivity contribution is 0.587. The summed E-state index contributed by atoms with van der Waals surface area (Å²) in [6.07, 6.45) is 9.13. The first-order valence-electron chi connectivity index (χ1n) is 27.0. The van der Waals surface area contributed by atoms with Crippen LogP contribution in [0.4, 0.5) is 22.7 Å². The van der Waals surface area contributed by atoms with Crippen molar-refractivity contribution in [3.8, 4) is 0 Å². The Balaban J connectivity index is 0.000000267. The molecule has 4 aromatic rings. The molecule has 0 bridgehead atoms. The van der Waals surface area contributed by atoms with E-state index in [4.69, 9.17) is 9.98 Å². The quantitative estimate of drug-likeness (QED) is 0.0717. The first kappa shape index (κ1) is 58.3. The second-order valence-electron chi connectivity index (χ2n) is 24.3. The molecule has 6 nitrogen and oxygen atoms in total. The van der Waals surface area contributed by atoms with Crippen LogP contribution < -0.4 is 19.2 Å². The van der Waals surface area contributed by atoms with E-state index in [9.17, 15) is 0 Å². The van der Waals surface area contributed by atoms with Gasteiger partial charge in [0.1, 0.15) is 0 Å². The first-order chi connectivity index (χ1) is 33.7. The molecule has 0 saturated carbocycles. The van der Waals surface area contributed by atoms with Crippen LogP contribution in [0.1, 0.15) is 244 Å². The van der Waals surface area contributed by atoms with E-state index < -0.39 is 0 Å². The molecule has 2 aliphatic heterocycles. The zero-order valence-corrected chi connectivity index (χ0v) is 50.4. The van der Waals surface area contributed by atoms with Gasteiger partial charge in [-0.3, -0.25) is 0 Å². The topological polar surface area (TPSA) is 37.7 Å². The summed E-state index contributed by atoms with van der Waals surface area (Å²) in [5.74, 6) is 3.44. The predicted octanol–water partition coefficient (Wildman–Crippen LogP) is 19.2. The number of nitrogens with zero attached hydrogens (tertiary/aromatic N) is 6. The van der Waals surface area contributed by atoms with Crippen molar-refractivity contribution < 1.29 is 0 Å². The SMILES string of the molecule is CC(C)c1cccc(C(C)C)c1N1C=CN(c2c(C(C)C)cccc2C(C)C)B1P=C=NC(C)(C)C.CC(C)c1cccc(C(C)C)c1N1C=CN(c2c(C(C)C)cccc2C(C)C)B1P=C=NC(C)(C)C. The van der Waals surface area contributed by atoms with E-state index in [1.807, 2.05) is 0 Å². The summed E-state index contributed by atoms with van der Waals surface area (Å²) in [4.78, 5) is 19.5. The minimum Gasteiger partial charge on any atom is -0.362 e. The lowest BCUT2D eigenvalue weighted by Gasteiger charge is -2.33. The van der Waals surface area contributed by atoms with Crippen LogP contribution in [0, 0.1) is 0 Å². The van der Waals surface area contributed by atoms with Gasteiger partial charge in [-0.05, 0) is 150 Å². The summed E-state index contributed by atoms with van der Waals surface area (Å²) in [6.45, 7) is 49.6. The molecule has 4 aromatic carbocycles. The van der Waals surface area contributed by atoms with Crippen LogP contribution in [0.25, 0.3) is 0 Å².